The number of nitrogens with zero attached hydrogens (tertiary/aromatic N) is 2. The first-order chi connectivity index (χ1) is 13.5. The second kappa shape index (κ2) is 9.12. The summed E-state index contributed by atoms with van der Waals surface area (Å²) >= 11 is 5.30. The molecule has 0 radical (unpaired) electrons. The molecule has 1 aliphatic heterocycles. The minimum atomic E-state index is -0.930. The van der Waals surface area contributed by atoms with E-state index in [1.54, 1.807) is 11.8 Å². The number of aliphatic carboxylic acids is 1. The number of hydrogen-bond acceptors (Lipinski definition) is 7. The van der Waals surface area contributed by atoms with Crippen LogP contribution >= 0.6 is 35.3 Å². The monoisotopic (exact) mass is 432 g/mol. The average Bonchev–Trinajstić information content (AvgIpc) is 2.71. The van der Waals surface area contributed by atoms with Crippen LogP contribution in [0.2, 0.25) is 0 Å². The van der Waals surface area contributed by atoms with E-state index in [0.717, 1.165) is 22.6 Å². The predicted octanol–water partition coefficient (Wildman–Crippen LogP) is 3.89. The third-order valence-electron chi connectivity index (χ3n) is 4.42. The van der Waals surface area contributed by atoms with E-state index < -0.39 is 5.97 Å². The fourth-order valence-electron chi connectivity index (χ4n) is 2.98. The molecule has 0 saturated carbocycles. The summed E-state index contributed by atoms with van der Waals surface area (Å²) in [5, 5.41) is 8.81. The van der Waals surface area contributed by atoms with Crippen LogP contribution < -0.4 is 4.74 Å². The van der Waals surface area contributed by atoms with Gasteiger partial charge in [0.1, 0.15) is 11.4 Å². The van der Waals surface area contributed by atoms with Crippen LogP contribution in [-0.4, -0.2) is 46.4 Å². The van der Waals surface area contributed by atoms with E-state index >= 15 is 0 Å². The second-order valence-corrected chi connectivity index (χ2v) is 9.34. The Hall–Kier alpha value is -1.82. The van der Waals surface area contributed by atoms with Crippen molar-refractivity contribution in [2.75, 3.05) is 25.4 Å². The second-order valence-electron chi connectivity index (χ2n) is 6.02. The largest absolute Gasteiger partial charge is 0.493 e. The predicted molar refractivity (Wildman–Crippen MR) is 116 cm³/mol. The highest BCUT2D eigenvalue weighted by Gasteiger charge is 2.37. The van der Waals surface area contributed by atoms with E-state index in [9.17, 15) is 4.79 Å². The van der Waals surface area contributed by atoms with Gasteiger partial charge in [0, 0.05) is 22.4 Å². The highest BCUT2D eigenvalue weighted by Crippen LogP contribution is 2.53. The summed E-state index contributed by atoms with van der Waals surface area (Å²) in [6.07, 6.45) is 10.1. The molecule has 1 aromatic heterocycles. The van der Waals surface area contributed by atoms with Gasteiger partial charge in [-0.05, 0) is 36.8 Å². The van der Waals surface area contributed by atoms with Crippen LogP contribution in [0, 0.1) is 11.8 Å². The summed E-state index contributed by atoms with van der Waals surface area (Å²) < 4.78 is 5.90. The summed E-state index contributed by atoms with van der Waals surface area (Å²) in [6, 6.07) is 4.21. The number of ether oxygens (including phenoxy) is 1. The van der Waals surface area contributed by atoms with Crippen molar-refractivity contribution in [3.05, 3.63) is 47.0 Å². The van der Waals surface area contributed by atoms with Crippen LogP contribution in [0.5, 0.6) is 5.75 Å². The number of hydrogen-bond donors (Lipinski definition) is 1. The van der Waals surface area contributed by atoms with Crippen molar-refractivity contribution in [1.82, 2.24) is 9.97 Å². The zero-order valence-electron chi connectivity index (χ0n) is 15.8. The zero-order chi connectivity index (χ0) is 20.1. The summed E-state index contributed by atoms with van der Waals surface area (Å²) in [6.45, 7) is 0.714. The van der Waals surface area contributed by atoms with Gasteiger partial charge in [-0.1, -0.05) is 5.92 Å². The number of carboxylic acids is 1. The van der Waals surface area contributed by atoms with Gasteiger partial charge in [-0.25, -0.2) is 4.98 Å². The van der Waals surface area contributed by atoms with Gasteiger partial charge in [-0.3, -0.25) is 9.78 Å². The number of carboxylic acid groups (broad SMARTS) is 1. The number of fused-ring (bicyclic) bond motifs is 1. The number of aromatic nitrogens is 2. The molecule has 0 bridgehead atoms. The van der Waals surface area contributed by atoms with Crippen molar-refractivity contribution in [3.63, 3.8) is 0 Å². The molecule has 2 aromatic rings. The van der Waals surface area contributed by atoms with Gasteiger partial charge in [0.25, 0.3) is 0 Å². The molecule has 0 fully saturated rings. The third kappa shape index (κ3) is 4.43. The Morgan fingerprint density at radius 3 is 2.61 bits per heavy atom. The molecule has 0 saturated heterocycles. The highest BCUT2D eigenvalue weighted by molar-refractivity contribution is 8.16. The molecule has 0 atom stereocenters. The summed E-state index contributed by atoms with van der Waals surface area (Å²) in [7, 11) is 0. The molecule has 0 aliphatic carbocycles. The van der Waals surface area contributed by atoms with Crippen LogP contribution in [-0.2, 0) is 15.3 Å². The third-order valence-corrected chi connectivity index (χ3v) is 8.37. The van der Waals surface area contributed by atoms with E-state index in [1.165, 1.54) is 18.0 Å². The average molecular weight is 433 g/mol. The minimum Gasteiger partial charge on any atom is -0.493 e. The van der Waals surface area contributed by atoms with Crippen LogP contribution in [0.25, 0.3) is 0 Å². The molecular formula is C20H20N2O3S3. The minimum absolute atomic E-state index is 0.0285. The SMILES string of the molecule is CSc1cc2c(cc1C#Cc1cnc(CC(=O)O)cn1)C(SC)(SC)CCO2. The van der Waals surface area contributed by atoms with E-state index in [-0.39, 0.29) is 10.5 Å². The lowest BCUT2D eigenvalue weighted by Gasteiger charge is -2.36. The molecule has 0 unspecified atom stereocenters. The quantitative estimate of drug-likeness (QED) is 0.433. The van der Waals surface area contributed by atoms with Gasteiger partial charge in [-0.15, -0.1) is 35.3 Å². The Balaban J connectivity index is 1.97. The van der Waals surface area contributed by atoms with Crippen LogP contribution in [0.15, 0.2) is 29.4 Å². The van der Waals surface area contributed by atoms with Crippen molar-refractivity contribution in [2.24, 2.45) is 0 Å². The van der Waals surface area contributed by atoms with Crippen molar-refractivity contribution in [2.45, 2.75) is 21.8 Å². The van der Waals surface area contributed by atoms with Gasteiger partial charge in [0.2, 0.25) is 0 Å². The lowest BCUT2D eigenvalue weighted by molar-refractivity contribution is -0.136. The van der Waals surface area contributed by atoms with Crippen molar-refractivity contribution in [1.29, 1.82) is 0 Å². The topological polar surface area (TPSA) is 72.3 Å². The van der Waals surface area contributed by atoms with E-state index in [2.05, 4.69) is 46.5 Å². The fraction of sp³-hybridized carbons (Fsp3) is 0.350. The molecule has 0 amide bonds. The standard InChI is InChI=1S/C20H20N2O3S3/c1-26-18-10-17-16(20(27-2,28-3)6-7-25-17)8-13(18)4-5-14-11-22-15(12-21-14)9-19(23)24/h8,10-12H,6-7,9H2,1-3H3,(H,23,24). The van der Waals surface area contributed by atoms with E-state index in [1.807, 2.05) is 29.8 Å². The Labute approximate surface area is 177 Å². The molecule has 1 N–H and O–H groups in total. The molecule has 28 heavy (non-hydrogen) atoms. The van der Waals surface area contributed by atoms with Crippen molar-refractivity contribution >= 4 is 41.3 Å². The number of rotatable bonds is 5. The first-order valence-corrected chi connectivity index (χ1v) is 12.2. The van der Waals surface area contributed by atoms with Gasteiger partial charge in [-0.2, -0.15) is 0 Å². The maximum absolute atomic E-state index is 10.7. The number of carbonyl (C=O) groups is 1. The van der Waals surface area contributed by atoms with Gasteiger partial charge in [0.05, 0.1) is 35.2 Å². The molecule has 1 aromatic carbocycles. The van der Waals surface area contributed by atoms with E-state index in [4.69, 9.17) is 9.84 Å². The molecular weight excluding hydrogens is 412 g/mol. The summed E-state index contributed by atoms with van der Waals surface area (Å²) in [5.74, 6) is 6.26. The Bertz CT molecular complexity index is 932. The van der Waals surface area contributed by atoms with Gasteiger partial charge < -0.3 is 9.84 Å². The molecule has 0 spiro atoms. The molecule has 1 aliphatic rings. The van der Waals surface area contributed by atoms with Gasteiger partial charge in [0.15, 0.2) is 0 Å². The first kappa shape index (κ1) is 20.9. The van der Waals surface area contributed by atoms with Crippen molar-refractivity contribution in [3.8, 4) is 17.6 Å². The molecule has 8 heteroatoms. The van der Waals surface area contributed by atoms with Gasteiger partial charge >= 0.3 is 5.97 Å². The molecule has 146 valence electrons. The Morgan fingerprint density at radius 2 is 2.00 bits per heavy atom. The zero-order valence-corrected chi connectivity index (χ0v) is 18.3. The highest BCUT2D eigenvalue weighted by atomic mass is 32.2. The smallest absolute Gasteiger partial charge is 0.309 e. The van der Waals surface area contributed by atoms with Crippen molar-refractivity contribution < 1.29 is 14.6 Å². The normalized spacial score (nSPS) is 14.4. The first-order valence-electron chi connectivity index (χ1n) is 8.51. The lowest BCUT2D eigenvalue weighted by atomic mass is 10.0. The Kier molecular flexibility index (Phi) is 6.81. The molecule has 2 heterocycles. The molecule has 5 nitrogen and oxygen atoms in total. The summed E-state index contributed by atoms with van der Waals surface area (Å²) in [5.41, 5.74) is 3.03. The number of thioether (sulfide) groups is 3. The van der Waals surface area contributed by atoms with Crippen LogP contribution in [0.4, 0.5) is 0 Å². The van der Waals surface area contributed by atoms with E-state index in [0.29, 0.717) is 18.0 Å². The lowest BCUT2D eigenvalue weighted by Crippen LogP contribution is -2.26. The van der Waals surface area contributed by atoms with Crippen LogP contribution in [0.3, 0.4) is 0 Å². The summed E-state index contributed by atoms with van der Waals surface area (Å²) in [4.78, 5) is 20.1. The maximum Gasteiger partial charge on any atom is 0.309 e. The fourth-order valence-corrected chi connectivity index (χ4v) is 5.53. The van der Waals surface area contributed by atoms with Crippen LogP contribution in [0.1, 0.15) is 28.9 Å². The number of benzene rings is 1. The molecule has 3 rings (SSSR count). The Morgan fingerprint density at radius 1 is 1.21 bits per heavy atom. The maximum atomic E-state index is 10.7.